The molecule has 1 N–H and O–H groups in total. The molecule has 0 bridgehead atoms. The third-order valence-electron chi connectivity index (χ3n) is 2.59. The summed E-state index contributed by atoms with van der Waals surface area (Å²) in [5.74, 6) is -0.921. The molecular weight excluding hydrogens is 172 g/mol. The van der Waals surface area contributed by atoms with Gasteiger partial charge in [0.1, 0.15) is 11.2 Å². The zero-order valence-corrected chi connectivity index (χ0v) is 7.87. The van der Waals surface area contributed by atoms with Crippen molar-refractivity contribution >= 4 is 11.8 Å². The van der Waals surface area contributed by atoms with E-state index in [-0.39, 0.29) is 24.9 Å². The van der Waals surface area contributed by atoms with Gasteiger partial charge in [0.05, 0.1) is 6.61 Å². The number of aliphatic hydroxyl groups excluding tert-OH is 1. The molecule has 4 heteroatoms. The summed E-state index contributed by atoms with van der Waals surface area (Å²) in [6, 6.07) is 0. The van der Waals surface area contributed by atoms with Crippen molar-refractivity contribution in [2.24, 2.45) is 11.3 Å². The number of ketones is 1. The first-order valence-electron chi connectivity index (χ1n) is 4.38. The lowest BCUT2D eigenvalue weighted by Crippen LogP contribution is -2.29. The number of aliphatic hydroxyl groups is 1. The predicted octanol–water partition coefficient (Wildman–Crippen LogP) is 0.137. The van der Waals surface area contributed by atoms with Crippen molar-refractivity contribution in [2.45, 2.75) is 20.3 Å². The van der Waals surface area contributed by atoms with Crippen molar-refractivity contribution in [3.63, 3.8) is 0 Å². The second kappa shape index (κ2) is 3.46. The zero-order valence-electron chi connectivity index (χ0n) is 7.87. The maximum absolute atomic E-state index is 11.4. The van der Waals surface area contributed by atoms with Crippen LogP contribution in [0, 0.1) is 11.3 Å². The SMILES string of the molecule is CCOC(=O)C1(C(C)=O)C[C@H]1CO. The molecule has 0 saturated heterocycles. The fraction of sp³-hybridized carbons (Fsp3) is 0.778. The van der Waals surface area contributed by atoms with Crippen molar-refractivity contribution in [3.8, 4) is 0 Å². The van der Waals surface area contributed by atoms with Crippen LogP contribution < -0.4 is 0 Å². The molecule has 0 aromatic carbocycles. The van der Waals surface area contributed by atoms with Gasteiger partial charge in [0, 0.05) is 12.5 Å². The van der Waals surface area contributed by atoms with Crippen LogP contribution in [0.3, 0.4) is 0 Å². The van der Waals surface area contributed by atoms with Gasteiger partial charge in [0.25, 0.3) is 0 Å². The third-order valence-corrected chi connectivity index (χ3v) is 2.59. The molecule has 0 heterocycles. The Morgan fingerprint density at radius 1 is 1.62 bits per heavy atom. The summed E-state index contributed by atoms with van der Waals surface area (Å²) >= 11 is 0. The fourth-order valence-electron chi connectivity index (χ4n) is 1.63. The fourth-order valence-corrected chi connectivity index (χ4v) is 1.63. The van der Waals surface area contributed by atoms with Gasteiger partial charge in [-0.1, -0.05) is 0 Å². The van der Waals surface area contributed by atoms with E-state index in [0.717, 1.165) is 0 Å². The van der Waals surface area contributed by atoms with E-state index in [1.165, 1.54) is 6.92 Å². The van der Waals surface area contributed by atoms with Gasteiger partial charge >= 0.3 is 5.97 Å². The molecule has 1 rings (SSSR count). The number of carbonyl (C=O) groups is 2. The Bertz CT molecular complexity index is 236. The highest BCUT2D eigenvalue weighted by molar-refractivity contribution is 6.06. The number of carbonyl (C=O) groups excluding carboxylic acids is 2. The van der Waals surface area contributed by atoms with Crippen LogP contribution >= 0.6 is 0 Å². The molecule has 74 valence electrons. The maximum Gasteiger partial charge on any atom is 0.319 e. The number of Topliss-reactive ketones (excluding diaryl/α,β-unsaturated/α-hetero) is 1. The van der Waals surface area contributed by atoms with E-state index in [9.17, 15) is 9.59 Å². The predicted molar refractivity (Wildman–Crippen MR) is 44.9 cm³/mol. The number of rotatable bonds is 4. The number of ether oxygens (including phenoxy) is 1. The van der Waals surface area contributed by atoms with E-state index >= 15 is 0 Å². The first kappa shape index (κ1) is 10.2. The molecule has 13 heavy (non-hydrogen) atoms. The lowest BCUT2D eigenvalue weighted by Gasteiger charge is -2.11. The van der Waals surface area contributed by atoms with Crippen molar-refractivity contribution in [1.29, 1.82) is 0 Å². The monoisotopic (exact) mass is 186 g/mol. The Kier molecular flexibility index (Phi) is 2.71. The number of esters is 1. The summed E-state index contributed by atoms with van der Waals surface area (Å²) in [5, 5.41) is 8.85. The Labute approximate surface area is 76.9 Å². The molecule has 2 atom stereocenters. The molecule has 1 saturated carbocycles. The van der Waals surface area contributed by atoms with E-state index in [4.69, 9.17) is 9.84 Å². The minimum Gasteiger partial charge on any atom is -0.465 e. The summed E-state index contributed by atoms with van der Waals surface area (Å²) in [6.07, 6.45) is 0.428. The number of hydrogen-bond donors (Lipinski definition) is 1. The van der Waals surface area contributed by atoms with Crippen molar-refractivity contribution in [3.05, 3.63) is 0 Å². The van der Waals surface area contributed by atoms with Crippen LogP contribution in [0.1, 0.15) is 20.3 Å². The van der Waals surface area contributed by atoms with E-state index in [2.05, 4.69) is 0 Å². The molecule has 1 aliphatic rings. The second-order valence-corrected chi connectivity index (χ2v) is 3.33. The zero-order chi connectivity index (χ0) is 10.1. The van der Waals surface area contributed by atoms with Crippen LogP contribution in [0.25, 0.3) is 0 Å². The molecular formula is C9H14O4. The van der Waals surface area contributed by atoms with Gasteiger partial charge in [-0.15, -0.1) is 0 Å². The van der Waals surface area contributed by atoms with E-state index < -0.39 is 11.4 Å². The summed E-state index contributed by atoms with van der Waals surface area (Å²) in [7, 11) is 0. The normalized spacial score (nSPS) is 31.2. The van der Waals surface area contributed by atoms with Gasteiger partial charge in [-0.2, -0.15) is 0 Å². The van der Waals surface area contributed by atoms with Crippen LogP contribution in [-0.2, 0) is 14.3 Å². The molecule has 0 aromatic rings. The molecule has 0 aliphatic heterocycles. The van der Waals surface area contributed by atoms with E-state index in [1.54, 1.807) is 6.92 Å². The highest BCUT2D eigenvalue weighted by Gasteiger charge is 2.64. The summed E-state index contributed by atoms with van der Waals surface area (Å²) in [5.41, 5.74) is -1.02. The lowest BCUT2D eigenvalue weighted by atomic mass is 9.99. The van der Waals surface area contributed by atoms with E-state index in [1.807, 2.05) is 0 Å². The van der Waals surface area contributed by atoms with Gasteiger partial charge in [-0.3, -0.25) is 9.59 Å². The van der Waals surface area contributed by atoms with Gasteiger partial charge in [0.15, 0.2) is 0 Å². The number of hydrogen-bond acceptors (Lipinski definition) is 4. The summed E-state index contributed by atoms with van der Waals surface area (Å²) in [6.45, 7) is 3.21. The molecule has 0 amide bonds. The van der Waals surface area contributed by atoms with Crippen molar-refractivity contribution < 1.29 is 19.4 Å². The average Bonchev–Trinajstić information content (AvgIpc) is 2.79. The minimum absolute atomic E-state index is 0.127. The van der Waals surface area contributed by atoms with Crippen LogP contribution in [0.4, 0.5) is 0 Å². The molecule has 0 radical (unpaired) electrons. The van der Waals surface area contributed by atoms with Crippen molar-refractivity contribution in [2.75, 3.05) is 13.2 Å². The lowest BCUT2D eigenvalue weighted by molar-refractivity contribution is -0.154. The Morgan fingerprint density at radius 3 is 2.54 bits per heavy atom. The Morgan fingerprint density at radius 2 is 2.23 bits per heavy atom. The van der Waals surface area contributed by atoms with Crippen LogP contribution in [0.5, 0.6) is 0 Å². The molecule has 1 fully saturated rings. The quantitative estimate of drug-likeness (QED) is 0.501. The highest BCUT2D eigenvalue weighted by Crippen LogP contribution is 2.53. The first-order valence-corrected chi connectivity index (χ1v) is 4.38. The average molecular weight is 186 g/mol. The van der Waals surface area contributed by atoms with Crippen LogP contribution in [0.2, 0.25) is 0 Å². The van der Waals surface area contributed by atoms with Crippen LogP contribution in [-0.4, -0.2) is 30.1 Å². The molecule has 0 spiro atoms. The maximum atomic E-state index is 11.4. The van der Waals surface area contributed by atoms with Gasteiger partial charge in [-0.25, -0.2) is 0 Å². The highest BCUT2D eigenvalue weighted by atomic mass is 16.5. The van der Waals surface area contributed by atoms with Gasteiger partial charge < -0.3 is 9.84 Å². The molecule has 4 nitrogen and oxygen atoms in total. The molecule has 1 aliphatic carbocycles. The largest absolute Gasteiger partial charge is 0.465 e. The van der Waals surface area contributed by atoms with Gasteiger partial charge in [0.2, 0.25) is 0 Å². The van der Waals surface area contributed by atoms with Crippen LogP contribution in [0.15, 0.2) is 0 Å². The first-order chi connectivity index (χ1) is 6.09. The standard InChI is InChI=1S/C9H14O4/c1-3-13-8(12)9(6(2)11)4-7(9)5-10/h7,10H,3-5H2,1-2H3/t7-,9?/m0/s1. The molecule has 0 aromatic heterocycles. The summed E-state index contributed by atoms with van der Waals surface area (Å²) < 4.78 is 4.79. The minimum atomic E-state index is -1.02. The smallest absolute Gasteiger partial charge is 0.319 e. The van der Waals surface area contributed by atoms with Crippen molar-refractivity contribution in [1.82, 2.24) is 0 Å². The molecule has 1 unspecified atom stereocenters. The topological polar surface area (TPSA) is 63.6 Å². The second-order valence-electron chi connectivity index (χ2n) is 3.33. The summed E-state index contributed by atoms with van der Waals surface area (Å²) in [4.78, 5) is 22.6. The Balaban J connectivity index is 2.72. The van der Waals surface area contributed by atoms with Gasteiger partial charge in [-0.05, 0) is 20.3 Å². The Hall–Kier alpha value is -0.900. The van der Waals surface area contributed by atoms with E-state index in [0.29, 0.717) is 6.42 Å². The third kappa shape index (κ3) is 1.46.